The molecule has 0 unspecified atom stereocenters. The molecule has 1 aliphatic rings. The fourth-order valence-corrected chi connectivity index (χ4v) is 3.09. The molecule has 1 amide bonds. The van der Waals surface area contributed by atoms with Crippen LogP contribution in [0.2, 0.25) is 5.02 Å². The third kappa shape index (κ3) is 3.91. The van der Waals surface area contributed by atoms with E-state index in [0.29, 0.717) is 36.6 Å². The molecule has 0 bridgehead atoms. The number of nitrogens with one attached hydrogen (secondary N) is 1. The molecule has 1 saturated heterocycles. The van der Waals surface area contributed by atoms with Crippen LogP contribution in [-0.2, 0) is 10.0 Å². The second-order valence-electron chi connectivity index (χ2n) is 4.77. The summed E-state index contributed by atoms with van der Waals surface area (Å²) in [7, 11) is -3.14. The van der Waals surface area contributed by atoms with Crippen LogP contribution in [0.3, 0.4) is 0 Å². The summed E-state index contributed by atoms with van der Waals surface area (Å²) in [6, 6.07) is 3.14. The first-order valence-electron chi connectivity index (χ1n) is 6.24. The van der Waals surface area contributed by atoms with Crippen molar-refractivity contribution in [2.75, 3.05) is 19.3 Å². The normalized spacial score (nSPS) is 17.9. The van der Waals surface area contributed by atoms with Gasteiger partial charge in [0, 0.05) is 25.3 Å². The van der Waals surface area contributed by atoms with Gasteiger partial charge in [-0.3, -0.25) is 4.79 Å². The van der Waals surface area contributed by atoms with Crippen molar-refractivity contribution in [3.05, 3.63) is 29.0 Å². The van der Waals surface area contributed by atoms with Crippen LogP contribution in [0.1, 0.15) is 23.3 Å². The standard InChI is InChI=1S/C12H16ClN3O3S/c1-20(18,19)16-6-4-10(5-7-16)15-12(17)11-3-2-9(13)8-14-11/h2-3,8,10H,4-7H2,1H3,(H,15,17). The minimum atomic E-state index is -3.14. The quantitative estimate of drug-likeness (QED) is 0.898. The molecular formula is C12H16ClN3O3S. The topological polar surface area (TPSA) is 79.4 Å². The van der Waals surface area contributed by atoms with Gasteiger partial charge in [-0.05, 0) is 25.0 Å². The maximum Gasteiger partial charge on any atom is 0.270 e. The zero-order chi connectivity index (χ0) is 14.8. The molecule has 0 aromatic carbocycles. The van der Waals surface area contributed by atoms with Gasteiger partial charge in [0.2, 0.25) is 10.0 Å². The van der Waals surface area contributed by atoms with E-state index in [4.69, 9.17) is 11.6 Å². The number of carbonyl (C=O) groups is 1. The number of halogens is 1. The highest BCUT2D eigenvalue weighted by atomic mass is 35.5. The molecular weight excluding hydrogens is 302 g/mol. The Morgan fingerprint density at radius 1 is 1.40 bits per heavy atom. The highest BCUT2D eigenvalue weighted by Crippen LogP contribution is 2.14. The number of nitrogens with zero attached hydrogens (tertiary/aromatic N) is 2. The van der Waals surface area contributed by atoms with Gasteiger partial charge in [0.1, 0.15) is 5.69 Å². The first-order chi connectivity index (χ1) is 9.36. The molecule has 0 spiro atoms. The number of aromatic nitrogens is 1. The van der Waals surface area contributed by atoms with Crippen LogP contribution >= 0.6 is 11.6 Å². The van der Waals surface area contributed by atoms with Gasteiger partial charge in [0.05, 0.1) is 11.3 Å². The molecule has 1 fully saturated rings. The van der Waals surface area contributed by atoms with E-state index >= 15 is 0 Å². The van der Waals surface area contributed by atoms with Gasteiger partial charge in [-0.1, -0.05) is 11.6 Å². The highest BCUT2D eigenvalue weighted by Gasteiger charge is 2.26. The summed E-state index contributed by atoms with van der Waals surface area (Å²) in [6.07, 6.45) is 3.82. The van der Waals surface area contributed by atoms with Crippen molar-refractivity contribution in [2.45, 2.75) is 18.9 Å². The Balaban J connectivity index is 1.89. The molecule has 0 aliphatic carbocycles. The Kier molecular flexibility index (Phi) is 4.62. The van der Waals surface area contributed by atoms with Crippen molar-refractivity contribution in [1.82, 2.24) is 14.6 Å². The van der Waals surface area contributed by atoms with Gasteiger partial charge in [0.15, 0.2) is 0 Å². The van der Waals surface area contributed by atoms with Crippen LogP contribution in [0.4, 0.5) is 0 Å². The second kappa shape index (κ2) is 6.07. The van der Waals surface area contributed by atoms with E-state index < -0.39 is 10.0 Å². The van der Waals surface area contributed by atoms with E-state index in [1.807, 2.05) is 0 Å². The molecule has 1 aromatic heterocycles. The predicted octanol–water partition coefficient (Wildman–Crippen LogP) is 0.889. The van der Waals surface area contributed by atoms with Crippen molar-refractivity contribution in [2.24, 2.45) is 0 Å². The average molecular weight is 318 g/mol. The lowest BCUT2D eigenvalue weighted by Crippen LogP contribution is -2.46. The zero-order valence-electron chi connectivity index (χ0n) is 11.0. The number of hydrogen-bond acceptors (Lipinski definition) is 4. The Hall–Kier alpha value is -1.18. The number of rotatable bonds is 3. The molecule has 2 rings (SSSR count). The summed E-state index contributed by atoms with van der Waals surface area (Å²) >= 11 is 5.71. The molecule has 20 heavy (non-hydrogen) atoms. The summed E-state index contributed by atoms with van der Waals surface area (Å²) in [5, 5.41) is 3.34. The summed E-state index contributed by atoms with van der Waals surface area (Å²) in [6.45, 7) is 0.857. The Morgan fingerprint density at radius 2 is 2.05 bits per heavy atom. The van der Waals surface area contributed by atoms with Crippen molar-refractivity contribution in [3.63, 3.8) is 0 Å². The van der Waals surface area contributed by atoms with Gasteiger partial charge in [0.25, 0.3) is 5.91 Å². The monoisotopic (exact) mass is 317 g/mol. The molecule has 1 aliphatic heterocycles. The minimum absolute atomic E-state index is 0.0296. The summed E-state index contributed by atoms with van der Waals surface area (Å²) < 4.78 is 24.2. The zero-order valence-corrected chi connectivity index (χ0v) is 12.6. The molecule has 1 aromatic rings. The summed E-state index contributed by atoms with van der Waals surface area (Å²) in [5.41, 5.74) is 0.306. The first-order valence-corrected chi connectivity index (χ1v) is 8.46. The third-order valence-corrected chi connectivity index (χ3v) is 4.74. The Bertz CT molecular complexity index is 580. The van der Waals surface area contributed by atoms with Crippen LogP contribution in [0.5, 0.6) is 0 Å². The van der Waals surface area contributed by atoms with Crippen molar-refractivity contribution in [3.8, 4) is 0 Å². The lowest BCUT2D eigenvalue weighted by atomic mass is 10.1. The molecule has 2 heterocycles. The predicted molar refractivity (Wildman–Crippen MR) is 76.2 cm³/mol. The van der Waals surface area contributed by atoms with Gasteiger partial charge in [-0.15, -0.1) is 0 Å². The van der Waals surface area contributed by atoms with Crippen molar-refractivity contribution in [1.29, 1.82) is 0 Å². The van der Waals surface area contributed by atoms with Gasteiger partial charge in [-0.2, -0.15) is 0 Å². The fourth-order valence-electron chi connectivity index (χ4n) is 2.10. The van der Waals surface area contributed by atoms with Crippen LogP contribution in [0, 0.1) is 0 Å². The number of hydrogen-bond donors (Lipinski definition) is 1. The van der Waals surface area contributed by atoms with Crippen molar-refractivity contribution < 1.29 is 13.2 Å². The Morgan fingerprint density at radius 3 is 2.55 bits per heavy atom. The molecule has 8 heteroatoms. The second-order valence-corrected chi connectivity index (χ2v) is 7.19. The molecule has 6 nitrogen and oxygen atoms in total. The summed E-state index contributed by atoms with van der Waals surface area (Å²) in [5.74, 6) is -0.264. The number of amides is 1. The molecule has 1 N–H and O–H groups in total. The maximum atomic E-state index is 12.0. The highest BCUT2D eigenvalue weighted by molar-refractivity contribution is 7.88. The minimum Gasteiger partial charge on any atom is -0.348 e. The van der Waals surface area contributed by atoms with E-state index in [-0.39, 0.29) is 11.9 Å². The summed E-state index contributed by atoms with van der Waals surface area (Å²) in [4.78, 5) is 15.9. The average Bonchev–Trinajstić information content (AvgIpc) is 2.39. The number of carbonyl (C=O) groups excluding carboxylic acids is 1. The fraction of sp³-hybridized carbons (Fsp3) is 0.500. The van der Waals surface area contributed by atoms with Crippen LogP contribution < -0.4 is 5.32 Å². The van der Waals surface area contributed by atoms with E-state index in [9.17, 15) is 13.2 Å². The number of pyridine rings is 1. The molecule has 0 saturated carbocycles. The number of sulfonamides is 1. The van der Waals surface area contributed by atoms with Gasteiger partial charge < -0.3 is 5.32 Å². The van der Waals surface area contributed by atoms with E-state index in [0.717, 1.165) is 0 Å². The first kappa shape index (κ1) is 15.2. The maximum absolute atomic E-state index is 12.0. The SMILES string of the molecule is CS(=O)(=O)N1CCC(NC(=O)c2ccc(Cl)cn2)CC1. The van der Waals surface area contributed by atoms with Crippen LogP contribution in [0.15, 0.2) is 18.3 Å². The largest absolute Gasteiger partial charge is 0.348 e. The van der Waals surface area contributed by atoms with Crippen LogP contribution in [0.25, 0.3) is 0 Å². The molecule has 0 atom stereocenters. The lowest BCUT2D eigenvalue weighted by molar-refractivity contribution is 0.0919. The third-order valence-electron chi connectivity index (χ3n) is 3.22. The number of piperidine rings is 1. The van der Waals surface area contributed by atoms with Crippen molar-refractivity contribution >= 4 is 27.5 Å². The van der Waals surface area contributed by atoms with E-state index in [1.165, 1.54) is 16.8 Å². The van der Waals surface area contributed by atoms with Gasteiger partial charge in [-0.25, -0.2) is 17.7 Å². The lowest BCUT2D eigenvalue weighted by Gasteiger charge is -2.30. The molecule has 110 valence electrons. The van der Waals surface area contributed by atoms with E-state index in [1.54, 1.807) is 12.1 Å². The Labute approximate surface area is 123 Å². The van der Waals surface area contributed by atoms with Gasteiger partial charge >= 0.3 is 0 Å². The molecule has 0 radical (unpaired) electrons. The van der Waals surface area contributed by atoms with Crippen LogP contribution in [-0.4, -0.2) is 49.0 Å². The smallest absolute Gasteiger partial charge is 0.270 e. The van der Waals surface area contributed by atoms with E-state index in [2.05, 4.69) is 10.3 Å².